The number of nitrogens with one attached hydrogen (secondary N) is 2. The minimum absolute atomic E-state index is 0.0895. The van der Waals surface area contributed by atoms with Gasteiger partial charge in [0.25, 0.3) is 5.91 Å². The van der Waals surface area contributed by atoms with Crippen molar-refractivity contribution in [2.75, 3.05) is 31.6 Å². The molecule has 2 amide bonds. The molecule has 0 radical (unpaired) electrons. The summed E-state index contributed by atoms with van der Waals surface area (Å²) in [6.45, 7) is 3.03. The molecule has 2 N–H and O–H groups in total. The van der Waals surface area contributed by atoms with Crippen LogP contribution in [0.4, 0.5) is 5.69 Å². The van der Waals surface area contributed by atoms with E-state index in [4.69, 9.17) is 4.74 Å². The molecule has 9 heteroatoms. The van der Waals surface area contributed by atoms with Crippen molar-refractivity contribution in [1.29, 1.82) is 0 Å². The molecule has 1 fully saturated rings. The lowest BCUT2D eigenvalue weighted by atomic mass is 10.2. The Morgan fingerprint density at radius 3 is 2.41 bits per heavy atom. The first-order valence-electron chi connectivity index (χ1n) is 9.19. The number of benzene rings is 2. The van der Waals surface area contributed by atoms with E-state index in [0.29, 0.717) is 32.0 Å². The molecule has 0 aliphatic carbocycles. The van der Waals surface area contributed by atoms with Crippen LogP contribution < -0.4 is 10.6 Å². The van der Waals surface area contributed by atoms with E-state index < -0.39 is 10.0 Å². The highest BCUT2D eigenvalue weighted by atomic mass is 32.2. The second-order valence-corrected chi connectivity index (χ2v) is 8.54. The number of amides is 2. The van der Waals surface area contributed by atoms with Crippen LogP contribution >= 0.6 is 0 Å². The lowest BCUT2D eigenvalue weighted by Gasteiger charge is -2.26. The highest BCUT2D eigenvalue weighted by Gasteiger charge is 2.26. The van der Waals surface area contributed by atoms with Gasteiger partial charge in [0.2, 0.25) is 15.9 Å². The van der Waals surface area contributed by atoms with Crippen LogP contribution in [0, 0.1) is 0 Å². The van der Waals surface area contributed by atoms with Crippen molar-refractivity contribution in [3.63, 3.8) is 0 Å². The summed E-state index contributed by atoms with van der Waals surface area (Å²) in [6, 6.07) is 13.1. The quantitative estimate of drug-likeness (QED) is 0.743. The first kappa shape index (κ1) is 21.0. The smallest absolute Gasteiger partial charge is 0.251 e. The summed E-state index contributed by atoms with van der Waals surface area (Å²) in [5.41, 5.74) is 1.80. The zero-order chi connectivity index (χ0) is 20.9. The van der Waals surface area contributed by atoms with Gasteiger partial charge in [-0.15, -0.1) is 0 Å². The lowest BCUT2D eigenvalue weighted by Crippen LogP contribution is -2.40. The maximum absolute atomic E-state index is 12.8. The standard InChI is InChI=1S/C20H23N3O5S/c1-15(24)22-18-7-5-16(6-8-18)14-21-20(25)17-3-2-4-19(13-17)29(26,27)23-9-11-28-12-10-23/h2-8,13H,9-12,14H2,1H3,(H,21,25)(H,22,24). The van der Waals surface area contributed by atoms with Crippen LogP contribution in [0.25, 0.3) is 0 Å². The zero-order valence-corrected chi connectivity index (χ0v) is 16.9. The highest BCUT2D eigenvalue weighted by molar-refractivity contribution is 7.89. The molecular weight excluding hydrogens is 394 g/mol. The van der Waals surface area contributed by atoms with E-state index in [1.54, 1.807) is 36.4 Å². The lowest BCUT2D eigenvalue weighted by molar-refractivity contribution is -0.114. The minimum Gasteiger partial charge on any atom is -0.379 e. The Kier molecular flexibility index (Phi) is 6.63. The molecule has 1 aliphatic heterocycles. The number of carbonyl (C=O) groups is 2. The Bertz CT molecular complexity index is 983. The third-order valence-corrected chi connectivity index (χ3v) is 6.33. The molecule has 8 nitrogen and oxygen atoms in total. The molecule has 1 aliphatic rings. The zero-order valence-electron chi connectivity index (χ0n) is 16.1. The molecule has 1 heterocycles. The van der Waals surface area contributed by atoms with Crippen molar-refractivity contribution < 1.29 is 22.7 Å². The molecule has 2 aromatic rings. The Morgan fingerprint density at radius 1 is 1.07 bits per heavy atom. The van der Waals surface area contributed by atoms with Gasteiger partial charge in [0.05, 0.1) is 18.1 Å². The highest BCUT2D eigenvalue weighted by Crippen LogP contribution is 2.18. The summed E-state index contributed by atoms with van der Waals surface area (Å²) in [5.74, 6) is -0.520. The number of hydrogen-bond donors (Lipinski definition) is 2. The first-order chi connectivity index (χ1) is 13.9. The fourth-order valence-electron chi connectivity index (χ4n) is 2.93. The number of rotatable bonds is 6. The number of nitrogens with zero attached hydrogens (tertiary/aromatic N) is 1. The molecule has 3 rings (SSSR count). The van der Waals surface area contributed by atoms with Crippen LogP contribution in [0.2, 0.25) is 0 Å². The van der Waals surface area contributed by atoms with E-state index in [-0.39, 0.29) is 28.8 Å². The summed E-state index contributed by atoms with van der Waals surface area (Å²) in [5, 5.41) is 5.45. The van der Waals surface area contributed by atoms with Gasteiger partial charge in [-0.05, 0) is 35.9 Å². The fourth-order valence-corrected chi connectivity index (χ4v) is 4.38. The van der Waals surface area contributed by atoms with Crippen LogP contribution in [0.3, 0.4) is 0 Å². The third kappa shape index (κ3) is 5.41. The van der Waals surface area contributed by atoms with Crippen molar-refractivity contribution in [2.24, 2.45) is 0 Å². The fraction of sp³-hybridized carbons (Fsp3) is 0.300. The van der Waals surface area contributed by atoms with Gasteiger partial charge in [0.1, 0.15) is 0 Å². The topological polar surface area (TPSA) is 105 Å². The molecule has 0 bridgehead atoms. The summed E-state index contributed by atoms with van der Waals surface area (Å²) >= 11 is 0. The van der Waals surface area contributed by atoms with Crippen LogP contribution in [0.1, 0.15) is 22.8 Å². The van der Waals surface area contributed by atoms with Gasteiger partial charge in [-0.2, -0.15) is 4.31 Å². The number of ether oxygens (including phenoxy) is 1. The van der Waals surface area contributed by atoms with Gasteiger partial charge in [0.15, 0.2) is 0 Å². The Labute approximate surface area is 169 Å². The molecule has 0 aromatic heterocycles. The predicted molar refractivity (Wildman–Crippen MR) is 108 cm³/mol. The summed E-state index contributed by atoms with van der Waals surface area (Å²) in [4.78, 5) is 23.6. The third-order valence-electron chi connectivity index (χ3n) is 4.43. The van der Waals surface area contributed by atoms with Gasteiger partial charge in [-0.25, -0.2) is 8.42 Å². The van der Waals surface area contributed by atoms with Gasteiger partial charge < -0.3 is 15.4 Å². The van der Waals surface area contributed by atoms with Gasteiger partial charge in [-0.1, -0.05) is 18.2 Å². The van der Waals surface area contributed by atoms with Crippen molar-refractivity contribution >= 4 is 27.5 Å². The molecule has 154 valence electrons. The maximum atomic E-state index is 12.8. The number of carbonyl (C=O) groups excluding carboxylic acids is 2. The molecule has 0 spiro atoms. The predicted octanol–water partition coefficient (Wildman–Crippen LogP) is 1.60. The average molecular weight is 417 g/mol. The van der Waals surface area contributed by atoms with Crippen molar-refractivity contribution in [1.82, 2.24) is 9.62 Å². The molecule has 1 saturated heterocycles. The van der Waals surface area contributed by atoms with Crippen LogP contribution in [-0.2, 0) is 26.1 Å². The monoisotopic (exact) mass is 417 g/mol. The van der Waals surface area contributed by atoms with Gasteiger partial charge >= 0.3 is 0 Å². The molecule has 29 heavy (non-hydrogen) atoms. The Morgan fingerprint density at radius 2 is 1.76 bits per heavy atom. The van der Waals surface area contributed by atoms with E-state index >= 15 is 0 Å². The molecule has 0 saturated carbocycles. The maximum Gasteiger partial charge on any atom is 0.251 e. The number of morpholine rings is 1. The van der Waals surface area contributed by atoms with Crippen LogP contribution in [0.15, 0.2) is 53.4 Å². The first-order valence-corrected chi connectivity index (χ1v) is 10.6. The van der Waals surface area contributed by atoms with E-state index in [9.17, 15) is 18.0 Å². The summed E-state index contributed by atoms with van der Waals surface area (Å²) in [6.07, 6.45) is 0. The Balaban J connectivity index is 1.65. The van der Waals surface area contributed by atoms with E-state index in [2.05, 4.69) is 10.6 Å². The van der Waals surface area contributed by atoms with E-state index in [1.807, 2.05) is 0 Å². The second-order valence-electron chi connectivity index (χ2n) is 6.61. The molecule has 2 aromatic carbocycles. The normalized spacial score (nSPS) is 14.9. The Hall–Kier alpha value is -2.75. The largest absolute Gasteiger partial charge is 0.379 e. The second kappa shape index (κ2) is 9.17. The minimum atomic E-state index is -3.66. The SMILES string of the molecule is CC(=O)Nc1ccc(CNC(=O)c2cccc(S(=O)(=O)N3CCOCC3)c2)cc1. The average Bonchev–Trinajstić information content (AvgIpc) is 2.73. The van der Waals surface area contributed by atoms with E-state index in [0.717, 1.165) is 5.56 Å². The molecule has 0 unspecified atom stereocenters. The van der Waals surface area contributed by atoms with Gasteiger partial charge in [-0.3, -0.25) is 9.59 Å². The number of sulfonamides is 1. The summed E-state index contributed by atoms with van der Waals surface area (Å²) in [7, 11) is -3.66. The summed E-state index contributed by atoms with van der Waals surface area (Å²) < 4.78 is 32.1. The number of anilines is 1. The molecule has 0 atom stereocenters. The van der Waals surface area contributed by atoms with E-state index in [1.165, 1.54) is 23.4 Å². The van der Waals surface area contributed by atoms with Crippen molar-refractivity contribution in [3.8, 4) is 0 Å². The molecular formula is C20H23N3O5S. The van der Waals surface area contributed by atoms with Gasteiger partial charge in [0, 0.05) is 37.8 Å². The number of hydrogen-bond acceptors (Lipinski definition) is 5. The van der Waals surface area contributed by atoms with Crippen LogP contribution in [0.5, 0.6) is 0 Å². The van der Waals surface area contributed by atoms with Crippen molar-refractivity contribution in [3.05, 3.63) is 59.7 Å². The van der Waals surface area contributed by atoms with Crippen molar-refractivity contribution in [2.45, 2.75) is 18.4 Å². The van der Waals surface area contributed by atoms with Crippen LogP contribution in [-0.4, -0.2) is 50.8 Å².